The van der Waals surface area contributed by atoms with Crippen molar-refractivity contribution in [1.29, 1.82) is 0 Å². The van der Waals surface area contributed by atoms with Gasteiger partial charge >= 0.3 is 5.82 Å². The molecule has 0 aliphatic heterocycles. The van der Waals surface area contributed by atoms with Crippen LogP contribution >= 0.6 is 15.9 Å². The lowest BCUT2D eigenvalue weighted by Crippen LogP contribution is -2.35. The first-order chi connectivity index (χ1) is 8.32. The molecule has 0 aliphatic carbocycles. The van der Waals surface area contributed by atoms with E-state index in [1.165, 1.54) is 7.05 Å². The summed E-state index contributed by atoms with van der Waals surface area (Å²) in [5, 5.41) is 10.6. The summed E-state index contributed by atoms with van der Waals surface area (Å²) in [4.78, 5) is 37.1. The monoisotopic (exact) mass is 316 g/mol. The van der Waals surface area contributed by atoms with Gasteiger partial charge in [0.1, 0.15) is 0 Å². The number of carbonyl (C=O) groups is 2. The maximum Gasteiger partial charge on any atom is 0.364 e. The van der Waals surface area contributed by atoms with Crippen LogP contribution in [0.2, 0.25) is 0 Å². The first-order valence-corrected chi connectivity index (χ1v) is 5.46. The molecule has 1 aromatic rings. The highest BCUT2D eigenvalue weighted by Crippen LogP contribution is 2.21. The van der Waals surface area contributed by atoms with Crippen LogP contribution in [0.3, 0.4) is 0 Å². The quantitative estimate of drug-likeness (QED) is 0.633. The minimum Gasteiger partial charge on any atom is -0.368 e. The van der Waals surface area contributed by atoms with Gasteiger partial charge in [-0.25, -0.2) is 0 Å². The van der Waals surface area contributed by atoms with E-state index in [0.717, 1.165) is 17.2 Å². The van der Waals surface area contributed by atoms with E-state index in [-0.39, 0.29) is 12.1 Å². The molecule has 1 rings (SSSR count). The van der Waals surface area contributed by atoms with Crippen molar-refractivity contribution in [3.05, 3.63) is 32.4 Å². The van der Waals surface area contributed by atoms with E-state index in [1.54, 1.807) is 0 Å². The van der Waals surface area contributed by atoms with E-state index in [9.17, 15) is 19.7 Å². The summed E-state index contributed by atoms with van der Waals surface area (Å²) in [5.74, 6) is -1.69. The number of carbonyl (C=O) groups excluding carboxylic acids is 2. The molecule has 0 radical (unpaired) electrons. The highest BCUT2D eigenvalue weighted by Gasteiger charge is 2.21. The topological polar surface area (TPSA) is 119 Å². The van der Waals surface area contributed by atoms with Crippen LogP contribution in [0.4, 0.5) is 5.82 Å². The number of halogens is 1. The Balaban J connectivity index is 3.08. The average Bonchev–Trinajstić information content (AvgIpc) is 2.27. The molecule has 2 N–H and O–H groups in total. The second-order valence-electron chi connectivity index (χ2n) is 3.41. The number of likely N-dealkylation sites (N-methyl/N-ethyl adjacent to an activating group) is 1. The molecule has 1 heterocycles. The van der Waals surface area contributed by atoms with Crippen LogP contribution in [-0.4, -0.2) is 40.2 Å². The molecule has 0 saturated heterocycles. The predicted molar refractivity (Wildman–Crippen MR) is 64.7 cm³/mol. The number of aromatic nitrogens is 1. The van der Waals surface area contributed by atoms with Gasteiger partial charge in [0.2, 0.25) is 5.91 Å². The Morgan fingerprint density at radius 2 is 2.22 bits per heavy atom. The largest absolute Gasteiger partial charge is 0.368 e. The third-order valence-corrected chi connectivity index (χ3v) is 2.63. The van der Waals surface area contributed by atoms with E-state index >= 15 is 0 Å². The molecule has 0 aliphatic rings. The Morgan fingerprint density at radius 3 is 2.72 bits per heavy atom. The zero-order valence-electron chi connectivity index (χ0n) is 9.29. The fourth-order valence-electron chi connectivity index (χ4n) is 1.20. The summed E-state index contributed by atoms with van der Waals surface area (Å²) >= 11 is 3.07. The molecule has 2 amide bonds. The van der Waals surface area contributed by atoms with Gasteiger partial charge in [0.05, 0.1) is 16.6 Å². The van der Waals surface area contributed by atoms with E-state index in [4.69, 9.17) is 5.73 Å². The summed E-state index contributed by atoms with van der Waals surface area (Å²) < 4.78 is 0.300. The lowest BCUT2D eigenvalue weighted by molar-refractivity contribution is -0.389. The molecule has 96 valence electrons. The van der Waals surface area contributed by atoms with Crippen molar-refractivity contribution in [3.63, 3.8) is 0 Å². The average molecular weight is 317 g/mol. The molecule has 18 heavy (non-hydrogen) atoms. The molecular weight excluding hydrogens is 308 g/mol. The number of amides is 2. The van der Waals surface area contributed by atoms with Crippen LogP contribution in [-0.2, 0) is 4.79 Å². The summed E-state index contributed by atoms with van der Waals surface area (Å²) in [6, 6.07) is 1.03. The molecule has 0 aromatic carbocycles. The SMILES string of the molecule is CN(CC(N)=O)C(=O)c1cc([N+](=O)[O-])ncc1Br. The van der Waals surface area contributed by atoms with Gasteiger partial charge in [0, 0.05) is 13.1 Å². The van der Waals surface area contributed by atoms with Gasteiger partial charge in [-0.3, -0.25) is 9.59 Å². The summed E-state index contributed by atoms with van der Waals surface area (Å²) in [5.41, 5.74) is 5.00. The minimum absolute atomic E-state index is 0.0421. The maximum absolute atomic E-state index is 11.9. The first kappa shape index (κ1) is 14.0. The Morgan fingerprint density at radius 1 is 1.61 bits per heavy atom. The van der Waals surface area contributed by atoms with Crippen LogP contribution in [0.25, 0.3) is 0 Å². The molecule has 1 aromatic heterocycles. The lowest BCUT2D eigenvalue weighted by Gasteiger charge is -2.15. The Bertz CT molecular complexity index is 519. The molecular formula is C9H9BrN4O4. The number of hydrogen-bond acceptors (Lipinski definition) is 5. The summed E-state index contributed by atoms with van der Waals surface area (Å²) in [6.07, 6.45) is 1.16. The third-order valence-electron chi connectivity index (χ3n) is 2.00. The van der Waals surface area contributed by atoms with E-state index in [0.29, 0.717) is 4.47 Å². The maximum atomic E-state index is 11.9. The number of nitrogens with two attached hydrogens (primary N) is 1. The normalized spacial score (nSPS) is 9.89. The molecule has 0 bridgehead atoms. The van der Waals surface area contributed by atoms with Crippen LogP contribution in [0.1, 0.15) is 10.4 Å². The molecule has 0 saturated carbocycles. The van der Waals surface area contributed by atoms with E-state index < -0.39 is 22.6 Å². The number of primary amides is 1. The second kappa shape index (κ2) is 5.54. The van der Waals surface area contributed by atoms with Crippen LogP contribution in [0.15, 0.2) is 16.7 Å². The number of pyridine rings is 1. The van der Waals surface area contributed by atoms with Crippen molar-refractivity contribution < 1.29 is 14.5 Å². The van der Waals surface area contributed by atoms with Crippen molar-refractivity contribution in [2.75, 3.05) is 13.6 Å². The van der Waals surface area contributed by atoms with Gasteiger partial charge in [0.15, 0.2) is 6.20 Å². The van der Waals surface area contributed by atoms with Gasteiger partial charge in [-0.15, -0.1) is 0 Å². The predicted octanol–water partition coefficient (Wildman–Crippen LogP) is 0.310. The van der Waals surface area contributed by atoms with E-state index in [2.05, 4.69) is 20.9 Å². The molecule has 9 heteroatoms. The van der Waals surface area contributed by atoms with Gasteiger partial charge in [-0.2, -0.15) is 0 Å². The van der Waals surface area contributed by atoms with Crippen LogP contribution < -0.4 is 5.73 Å². The molecule has 0 atom stereocenters. The Hall–Kier alpha value is -2.03. The Kier molecular flexibility index (Phi) is 4.32. The van der Waals surface area contributed by atoms with Crippen LogP contribution in [0.5, 0.6) is 0 Å². The van der Waals surface area contributed by atoms with Gasteiger partial charge < -0.3 is 20.7 Å². The van der Waals surface area contributed by atoms with Gasteiger partial charge in [-0.1, -0.05) is 0 Å². The smallest absolute Gasteiger partial charge is 0.364 e. The molecule has 0 fully saturated rings. The summed E-state index contributed by atoms with van der Waals surface area (Å²) in [6.45, 7) is -0.276. The third kappa shape index (κ3) is 3.23. The lowest BCUT2D eigenvalue weighted by atomic mass is 10.2. The Labute approximate surface area is 110 Å². The van der Waals surface area contributed by atoms with Crippen molar-refractivity contribution in [1.82, 2.24) is 9.88 Å². The summed E-state index contributed by atoms with van der Waals surface area (Å²) in [7, 11) is 1.37. The number of nitro groups is 1. The highest BCUT2D eigenvalue weighted by atomic mass is 79.9. The highest BCUT2D eigenvalue weighted by molar-refractivity contribution is 9.10. The second-order valence-corrected chi connectivity index (χ2v) is 4.26. The molecule has 8 nitrogen and oxygen atoms in total. The van der Waals surface area contributed by atoms with E-state index in [1.807, 2.05) is 0 Å². The fourth-order valence-corrected chi connectivity index (χ4v) is 1.59. The van der Waals surface area contributed by atoms with Crippen molar-refractivity contribution in [2.24, 2.45) is 5.73 Å². The number of rotatable bonds is 4. The zero-order valence-corrected chi connectivity index (χ0v) is 10.9. The number of hydrogen-bond donors (Lipinski definition) is 1. The fraction of sp³-hybridized carbons (Fsp3) is 0.222. The van der Waals surface area contributed by atoms with Crippen LogP contribution in [0, 0.1) is 10.1 Å². The van der Waals surface area contributed by atoms with Crippen molar-refractivity contribution in [2.45, 2.75) is 0 Å². The number of nitrogens with zero attached hydrogens (tertiary/aromatic N) is 3. The molecule has 0 spiro atoms. The standard InChI is InChI=1S/C9H9BrN4O4/c1-13(4-7(11)15)9(16)5-2-8(14(17)18)12-3-6(5)10/h2-3H,4H2,1H3,(H2,11,15). The zero-order chi connectivity index (χ0) is 13.9. The van der Waals surface area contributed by atoms with Gasteiger partial charge in [-0.05, 0) is 25.8 Å². The van der Waals surface area contributed by atoms with Crippen molar-refractivity contribution in [3.8, 4) is 0 Å². The van der Waals surface area contributed by atoms with Crippen molar-refractivity contribution >= 4 is 33.6 Å². The molecule has 0 unspecified atom stereocenters. The first-order valence-electron chi connectivity index (χ1n) is 4.66. The minimum atomic E-state index is -0.711. The van der Waals surface area contributed by atoms with Gasteiger partial charge in [0.25, 0.3) is 5.91 Å².